The fraction of sp³-hybridized carbons (Fsp3) is 0.188. The Morgan fingerprint density at radius 2 is 2.00 bits per heavy atom. The predicted molar refractivity (Wildman–Crippen MR) is 80.3 cm³/mol. The molecular weight excluding hydrogens is 293 g/mol. The Morgan fingerprint density at radius 1 is 1.24 bits per heavy atom. The molecule has 21 heavy (non-hydrogen) atoms. The van der Waals surface area contributed by atoms with Crippen LogP contribution in [0.5, 0.6) is 0 Å². The van der Waals surface area contributed by atoms with E-state index in [0.717, 1.165) is 11.1 Å². The molecule has 0 amide bonds. The smallest absolute Gasteiger partial charge is 0.408 e. The Kier molecular flexibility index (Phi) is 3.33. The molecular formula is C16H13ClFNO2. The van der Waals surface area contributed by atoms with Crippen molar-refractivity contribution < 1.29 is 8.81 Å². The number of nitrogens with zero attached hydrogens (tertiary/aromatic N) is 1. The van der Waals surface area contributed by atoms with Gasteiger partial charge in [-0.1, -0.05) is 12.1 Å². The van der Waals surface area contributed by atoms with E-state index in [-0.39, 0.29) is 5.82 Å². The van der Waals surface area contributed by atoms with E-state index in [0.29, 0.717) is 16.7 Å². The molecule has 0 saturated heterocycles. The van der Waals surface area contributed by atoms with Crippen LogP contribution in [0.3, 0.4) is 0 Å². The van der Waals surface area contributed by atoms with E-state index < -0.39 is 11.1 Å². The Labute approximate surface area is 125 Å². The third-order valence-electron chi connectivity index (χ3n) is 3.62. The van der Waals surface area contributed by atoms with Crippen molar-refractivity contribution in [2.45, 2.75) is 12.3 Å². The summed E-state index contributed by atoms with van der Waals surface area (Å²) < 4.78 is 20.0. The first kappa shape index (κ1) is 13.9. The number of fused-ring (bicyclic) bond motifs is 1. The molecule has 0 aliphatic heterocycles. The van der Waals surface area contributed by atoms with E-state index in [9.17, 15) is 9.18 Å². The van der Waals surface area contributed by atoms with Gasteiger partial charge in [-0.15, -0.1) is 11.6 Å². The standard InChI is InChI=1S/C16H13ClFNO2/c1-9-3-5-11(18)8-12(9)15(17)10-4-6-13-14(7-10)21-16(20)19(13)2/h3-8,15H,1-2H3. The van der Waals surface area contributed by atoms with Crippen molar-refractivity contribution in [2.24, 2.45) is 7.05 Å². The summed E-state index contributed by atoms with van der Waals surface area (Å²) in [6, 6.07) is 9.85. The largest absolute Gasteiger partial charge is 0.419 e. The van der Waals surface area contributed by atoms with Crippen LogP contribution in [-0.4, -0.2) is 4.57 Å². The van der Waals surface area contributed by atoms with Gasteiger partial charge in [-0.25, -0.2) is 9.18 Å². The summed E-state index contributed by atoms with van der Waals surface area (Å²) >= 11 is 6.46. The molecule has 3 nitrogen and oxygen atoms in total. The molecule has 0 N–H and O–H groups in total. The number of hydrogen-bond donors (Lipinski definition) is 0. The third-order valence-corrected chi connectivity index (χ3v) is 4.11. The molecule has 0 aliphatic carbocycles. The van der Waals surface area contributed by atoms with Crippen LogP contribution in [0.2, 0.25) is 0 Å². The predicted octanol–water partition coefficient (Wildman–Crippen LogP) is 3.91. The van der Waals surface area contributed by atoms with Gasteiger partial charge < -0.3 is 4.42 Å². The van der Waals surface area contributed by atoms with Gasteiger partial charge in [0.05, 0.1) is 10.9 Å². The van der Waals surface area contributed by atoms with Crippen LogP contribution in [0.4, 0.5) is 4.39 Å². The number of aromatic nitrogens is 1. The van der Waals surface area contributed by atoms with Crippen molar-refractivity contribution in [2.75, 3.05) is 0 Å². The van der Waals surface area contributed by atoms with Gasteiger partial charge in [0.2, 0.25) is 0 Å². The van der Waals surface area contributed by atoms with Gasteiger partial charge in [0, 0.05) is 7.05 Å². The second kappa shape index (κ2) is 5.04. The summed E-state index contributed by atoms with van der Waals surface area (Å²) in [6.07, 6.45) is 0. The highest BCUT2D eigenvalue weighted by Crippen LogP contribution is 2.32. The van der Waals surface area contributed by atoms with Crippen molar-refractivity contribution in [1.29, 1.82) is 0 Å². The first-order chi connectivity index (χ1) is 9.97. The Morgan fingerprint density at radius 3 is 2.76 bits per heavy atom. The average Bonchev–Trinajstić information content (AvgIpc) is 2.75. The van der Waals surface area contributed by atoms with Crippen molar-refractivity contribution in [3.8, 4) is 0 Å². The highest BCUT2D eigenvalue weighted by Gasteiger charge is 2.16. The lowest BCUT2D eigenvalue weighted by atomic mass is 9.99. The zero-order valence-corrected chi connectivity index (χ0v) is 12.3. The van der Waals surface area contributed by atoms with E-state index in [1.165, 1.54) is 16.7 Å². The van der Waals surface area contributed by atoms with Crippen molar-refractivity contribution in [1.82, 2.24) is 4.57 Å². The van der Waals surface area contributed by atoms with E-state index >= 15 is 0 Å². The maximum absolute atomic E-state index is 13.4. The molecule has 0 spiro atoms. The lowest BCUT2D eigenvalue weighted by Crippen LogP contribution is -2.08. The number of benzene rings is 2. The molecule has 5 heteroatoms. The number of aryl methyl sites for hydroxylation is 2. The molecule has 3 rings (SSSR count). The monoisotopic (exact) mass is 305 g/mol. The average molecular weight is 306 g/mol. The van der Waals surface area contributed by atoms with Crippen LogP contribution in [0.1, 0.15) is 22.1 Å². The van der Waals surface area contributed by atoms with Crippen LogP contribution in [0.15, 0.2) is 45.6 Å². The number of oxazole rings is 1. The minimum absolute atomic E-state index is 0.325. The summed E-state index contributed by atoms with van der Waals surface area (Å²) in [5, 5.41) is -0.504. The second-order valence-corrected chi connectivity index (χ2v) is 5.45. The van der Waals surface area contributed by atoms with E-state index in [1.807, 2.05) is 13.0 Å². The minimum Gasteiger partial charge on any atom is -0.408 e. The van der Waals surface area contributed by atoms with Gasteiger partial charge in [0.15, 0.2) is 5.58 Å². The Hall–Kier alpha value is -2.07. The maximum atomic E-state index is 13.4. The van der Waals surface area contributed by atoms with E-state index in [4.69, 9.17) is 16.0 Å². The molecule has 1 atom stereocenters. The summed E-state index contributed by atoms with van der Waals surface area (Å²) in [4.78, 5) is 11.5. The molecule has 3 aromatic rings. The highest BCUT2D eigenvalue weighted by molar-refractivity contribution is 6.22. The SMILES string of the molecule is Cc1ccc(F)cc1C(Cl)c1ccc2c(c1)oc(=O)n2C. The van der Waals surface area contributed by atoms with Gasteiger partial charge >= 0.3 is 5.76 Å². The van der Waals surface area contributed by atoms with Crippen molar-refractivity contribution >= 4 is 22.7 Å². The quantitative estimate of drug-likeness (QED) is 0.673. The Bertz CT molecular complexity index is 882. The van der Waals surface area contributed by atoms with E-state index in [1.54, 1.807) is 25.2 Å². The molecule has 0 aliphatic rings. The van der Waals surface area contributed by atoms with E-state index in [2.05, 4.69) is 0 Å². The first-order valence-corrected chi connectivity index (χ1v) is 6.90. The number of halogens is 2. The summed E-state index contributed by atoms with van der Waals surface area (Å²) in [5.74, 6) is -0.747. The first-order valence-electron chi connectivity index (χ1n) is 6.47. The van der Waals surface area contributed by atoms with Crippen LogP contribution < -0.4 is 5.76 Å². The molecule has 1 unspecified atom stereocenters. The van der Waals surface area contributed by atoms with Crippen molar-refractivity contribution in [3.63, 3.8) is 0 Å². The molecule has 1 heterocycles. The number of alkyl halides is 1. The molecule has 2 aromatic carbocycles. The minimum atomic E-state index is -0.504. The summed E-state index contributed by atoms with van der Waals surface area (Å²) in [6.45, 7) is 1.88. The van der Waals surface area contributed by atoms with Crippen LogP contribution in [0.25, 0.3) is 11.1 Å². The van der Waals surface area contributed by atoms with Gasteiger partial charge in [-0.3, -0.25) is 4.57 Å². The second-order valence-electron chi connectivity index (χ2n) is 5.02. The molecule has 0 radical (unpaired) electrons. The van der Waals surface area contributed by atoms with Crippen LogP contribution in [-0.2, 0) is 7.05 Å². The summed E-state index contributed by atoms with van der Waals surface area (Å²) in [7, 11) is 1.64. The summed E-state index contributed by atoms with van der Waals surface area (Å²) in [5.41, 5.74) is 3.54. The Balaban J connectivity index is 2.11. The number of rotatable bonds is 2. The number of hydrogen-bond acceptors (Lipinski definition) is 2. The molecule has 0 fully saturated rings. The lowest BCUT2D eigenvalue weighted by Gasteiger charge is -2.13. The normalized spacial score (nSPS) is 12.8. The van der Waals surface area contributed by atoms with Gasteiger partial charge in [0.1, 0.15) is 5.82 Å². The lowest BCUT2D eigenvalue weighted by molar-refractivity contribution is 0.528. The zero-order chi connectivity index (χ0) is 15.1. The van der Waals surface area contributed by atoms with Gasteiger partial charge in [-0.05, 0) is 47.9 Å². The molecule has 0 bridgehead atoms. The van der Waals surface area contributed by atoms with Crippen molar-refractivity contribution in [3.05, 3.63) is 69.5 Å². The highest BCUT2D eigenvalue weighted by atomic mass is 35.5. The maximum Gasteiger partial charge on any atom is 0.419 e. The fourth-order valence-corrected chi connectivity index (χ4v) is 2.74. The topological polar surface area (TPSA) is 35.1 Å². The molecule has 1 aromatic heterocycles. The third kappa shape index (κ3) is 2.36. The van der Waals surface area contributed by atoms with Gasteiger partial charge in [-0.2, -0.15) is 0 Å². The zero-order valence-electron chi connectivity index (χ0n) is 11.6. The molecule has 0 saturated carbocycles. The fourth-order valence-electron chi connectivity index (χ4n) is 2.37. The van der Waals surface area contributed by atoms with Crippen LogP contribution in [0, 0.1) is 12.7 Å². The molecule has 108 valence electrons. The van der Waals surface area contributed by atoms with Crippen LogP contribution >= 0.6 is 11.6 Å². The van der Waals surface area contributed by atoms with Gasteiger partial charge in [0.25, 0.3) is 0 Å².